The Hall–Kier alpha value is -2.38. The predicted octanol–water partition coefficient (Wildman–Crippen LogP) is 3.29. The van der Waals surface area contributed by atoms with E-state index in [2.05, 4.69) is 31.9 Å². The highest BCUT2D eigenvalue weighted by molar-refractivity contribution is 9.10. The number of hydrogen-bond donors (Lipinski definition) is 3. The fourth-order valence-corrected chi connectivity index (χ4v) is 2.82. The van der Waals surface area contributed by atoms with E-state index in [0.29, 0.717) is 16.3 Å². The Morgan fingerprint density at radius 2 is 1.70 bits per heavy atom. The van der Waals surface area contributed by atoms with Crippen LogP contribution in [0.5, 0.6) is 0 Å². The number of hydrogen-bond acceptors (Lipinski definition) is 3. The van der Waals surface area contributed by atoms with Gasteiger partial charge in [0.15, 0.2) is 0 Å². The number of halogens is 2. The molecule has 2 rings (SSSR count). The van der Waals surface area contributed by atoms with Crippen molar-refractivity contribution in [1.29, 1.82) is 0 Å². The first-order valence-electron chi connectivity index (χ1n) is 8.21. The smallest absolute Gasteiger partial charge is 0.251 e. The van der Waals surface area contributed by atoms with Gasteiger partial charge < -0.3 is 16.0 Å². The molecule has 0 aliphatic carbocycles. The lowest BCUT2D eigenvalue weighted by Crippen LogP contribution is -2.35. The normalized spacial score (nSPS) is 10.2. The quantitative estimate of drug-likeness (QED) is 0.602. The molecule has 0 atom stereocenters. The molecular weight excluding hydrogens is 434 g/mol. The Labute approximate surface area is 170 Å². The standard InChI is InChI=1S/C19H19BrClN3O3/c1-12-10-14(20)4-7-16(12)24-18(26)11-23-17(25)8-9-22-19(27)13-2-5-15(21)6-3-13/h2-7,10H,8-9,11H2,1H3,(H,22,27)(H,23,25)(H,24,26). The second-order valence-electron chi connectivity index (χ2n) is 5.80. The SMILES string of the molecule is Cc1cc(Br)ccc1NC(=O)CNC(=O)CCNC(=O)c1ccc(Cl)cc1. The summed E-state index contributed by atoms with van der Waals surface area (Å²) in [5.41, 5.74) is 2.06. The van der Waals surface area contributed by atoms with E-state index in [0.717, 1.165) is 10.0 Å². The maximum absolute atomic E-state index is 11.9. The highest BCUT2D eigenvalue weighted by Gasteiger charge is 2.09. The van der Waals surface area contributed by atoms with Crippen LogP contribution in [0.2, 0.25) is 5.02 Å². The molecule has 0 bridgehead atoms. The van der Waals surface area contributed by atoms with Crippen LogP contribution < -0.4 is 16.0 Å². The molecule has 3 amide bonds. The molecule has 27 heavy (non-hydrogen) atoms. The number of nitrogens with one attached hydrogen (secondary N) is 3. The van der Waals surface area contributed by atoms with Crippen LogP contribution in [0.15, 0.2) is 46.9 Å². The summed E-state index contributed by atoms with van der Waals surface area (Å²) in [5, 5.41) is 8.45. The van der Waals surface area contributed by atoms with Crippen LogP contribution in [0.4, 0.5) is 5.69 Å². The topological polar surface area (TPSA) is 87.3 Å². The van der Waals surface area contributed by atoms with E-state index in [1.807, 2.05) is 19.1 Å². The third kappa shape index (κ3) is 7.03. The Morgan fingerprint density at radius 1 is 1.00 bits per heavy atom. The van der Waals surface area contributed by atoms with E-state index in [4.69, 9.17) is 11.6 Å². The second kappa shape index (κ2) is 10.1. The molecule has 0 unspecified atom stereocenters. The third-order valence-corrected chi connectivity index (χ3v) is 4.40. The van der Waals surface area contributed by atoms with Gasteiger partial charge in [0.25, 0.3) is 5.91 Å². The summed E-state index contributed by atoms with van der Waals surface area (Å²) >= 11 is 9.13. The molecule has 0 saturated carbocycles. The summed E-state index contributed by atoms with van der Waals surface area (Å²) in [6.07, 6.45) is 0.0733. The number of carbonyl (C=O) groups is 3. The maximum Gasteiger partial charge on any atom is 0.251 e. The largest absolute Gasteiger partial charge is 0.352 e. The number of aryl methyl sites for hydroxylation is 1. The number of anilines is 1. The first kappa shape index (κ1) is 20.9. The van der Waals surface area contributed by atoms with Crippen molar-refractivity contribution in [3.63, 3.8) is 0 Å². The van der Waals surface area contributed by atoms with Crippen molar-refractivity contribution in [3.05, 3.63) is 63.1 Å². The molecule has 0 aromatic heterocycles. The van der Waals surface area contributed by atoms with Crippen LogP contribution in [-0.4, -0.2) is 30.8 Å². The molecule has 0 aliphatic rings. The number of amides is 3. The highest BCUT2D eigenvalue weighted by atomic mass is 79.9. The molecular formula is C19H19BrClN3O3. The average molecular weight is 453 g/mol. The van der Waals surface area contributed by atoms with Crippen LogP contribution in [0.3, 0.4) is 0 Å². The number of benzene rings is 2. The van der Waals surface area contributed by atoms with Gasteiger partial charge in [0, 0.05) is 33.7 Å². The minimum atomic E-state index is -0.325. The Kier molecular flexibility index (Phi) is 7.82. The lowest BCUT2D eigenvalue weighted by atomic mass is 10.2. The summed E-state index contributed by atoms with van der Waals surface area (Å²) in [6, 6.07) is 11.9. The molecule has 2 aromatic rings. The molecule has 0 fully saturated rings. The van der Waals surface area contributed by atoms with E-state index in [-0.39, 0.29) is 37.2 Å². The van der Waals surface area contributed by atoms with Gasteiger partial charge >= 0.3 is 0 Å². The molecule has 0 saturated heterocycles. The van der Waals surface area contributed by atoms with Crippen molar-refractivity contribution in [2.75, 3.05) is 18.4 Å². The Bertz CT molecular complexity index is 841. The van der Waals surface area contributed by atoms with Crippen molar-refractivity contribution in [2.45, 2.75) is 13.3 Å². The van der Waals surface area contributed by atoms with Crippen molar-refractivity contribution < 1.29 is 14.4 Å². The zero-order valence-corrected chi connectivity index (χ0v) is 17.0. The van der Waals surface area contributed by atoms with Gasteiger partial charge in [-0.15, -0.1) is 0 Å². The van der Waals surface area contributed by atoms with Gasteiger partial charge in [0.05, 0.1) is 6.54 Å². The van der Waals surface area contributed by atoms with E-state index in [9.17, 15) is 14.4 Å². The van der Waals surface area contributed by atoms with Crippen molar-refractivity contribution in [1.82, 2.24) is 10.6 Å². The van der Waals surface area contributed by atoms with Gasteiger partial charge in [0.1, 0.15) is 0 Å². The monoisotopic (exact) mass is 451 g/mol. The zero-order chi connectivity index (χ0) is 19.8. The molecule has 2 aromatic carbocycles. The van der Waals surface area contributed by atoms with Gasteiger partial charge in [-0.1, -0.05) is 27.5 Å². The first-order valence-corrected chi connectivity index (χ1v) is 9.38. The van der Waals surface area contributed by atoms with E-state index < -0.39 is 0 Å². The highest BCUT2D eigenvalue weighted by Crippen LogP contribution is 2.19. The molecule has 0 heterocycles. The van der Waals surface area contributed by atoms with Gasteiger partial charge in [-0.2, -0.15) is 0 Å². The van der Waals surface area contributed by atoms with E-state index in [1.165, 1.54) is 0 Å². The summed E-state index contributed by atoms with van der Waals surface area (Å²) < 4.78 is 0.923. The maximum atomic E-state index is 11.9. The molecule has 3 N–H and O–H groups in total. The minimum Gasteiger partial charge on any atom is -0.352 e. The first-order chi connectivity index (χ1) is 12.8. The van der Waals surface area contributed by atoms with Crippen LogP contribution in [0.1, 0.15) is 22.3 Å². The van der Waals surface area contributed by atoms with Gasteiger partial charge in [0.2, 0.25) is 11.8 Å². The fourth-order valence-electron chi connectivity index (χ4n) is 2.22. The number of rotatable bonds is 7. The van der Waals surface area contributed by atoms with Crippen molar-refractivity contribution >= 4 is 50.9 Å². The molecule has 142 valence electrons. The Morgan fingerprint density at radius 3 is 2.37 bits per heavy atom. The third-order valence-electron chi connectivity index (χ3n) is 3.65. The van der Waals surface area contributed by atoms with E-state index in [1.54, 1.807) is 30.3 Å². The summed E-state index contributed by atoms with van der Waals surface area (Å²) in [4.78, 5) is 35.6. The van der Waals surface area contributed by atoms with Crippen molar-refractivity contribution in [3.8, 4) is 0 Å². The summed E-state index contributed by atoms with van der Waals surface area (Å²) in [7, 11) is 0. The van der Waals surface area contributed by atoms with Crippen LogP contribution in [0, 0.1) is 6.92 Å². The molecule has 8 heteroatoms. The van der Waals surface area contributed by atoms with Crippen LogP contribution >= 0.6 is 27.5 Å². The van der Waals surface area contributed by atoms with Crippen LogP contribution in [-0.2, 0) is 9.59 Å². The van der Waals surface area contributed by atoms with Gasteiger partial charge in [-0.05, 0) is 55.0 Å². The Balaban J connectivity index is 1.68. The zero-order valence-electron chi connectivity index (χ0n) is 14.6. The molecule has 0 spiro atoms. The predicted molar refractivity (Wildman–Crippen MR) is 109 cm³/mol. The minimum absolute atomic E-state index is 0.0733. The molecule has 6 nitrogen and oxygen atoms in total. The molecule has 0 aliphatic heterocycles. The lowest BCUT2D eigenvalue weighted by molar-refractivity contribution is -0.124. The van der Waals surface area contributed by atoms with E-state index >= 15 is 0 Å². The second-order valence-corrected chi connectivity index (χ2v) is 7.15. The molecule has 0 radical (unpaired) electrons. The van der Waals surface area contributed by atoms with Gasteiger partial charge in [-0.3, -0.25) is 14.4 Å². The summed E-state index contributed by atoms with van der Waals surface area (Å²) in [6.45, 7) is 1.91. The summed E-state index contributed by atoms with van der Waals surface area (Å²) in [5.74, 6) is -0.934. The lowest BCUT2D eigenvalue weighted by Gasteiger charge is -2.10. The van der Waals surface area contributed by atoms with Crippen LogP contribution in [0.25, 0.3) is 0 Å². The van der Waals surface area contributed by atoms with Gasteiger partial charge in [-0.25, -0.2) is 0 Å². The number of carbonyl (C=O) groups excluding carboxylic acids is 3. The average Bonchev–Trinajstić information content (AvgIpc) is 2.63. The van der Waals surface area contributed by atoms with Crippen molar-refractivity contribution in [2.24, 2.45) is 0 Å². The fraction of sp³-hybridized carbons (Fsp3) is 0.211.